The lowest BCUT2D eigenvalue weighted by Gasteiger charge is -1.89. The van der Waals surface area contributed by atoms with Crippen LogP contribution >= 0.6 is 15.9 Å². The maximum atomic E-state index is 5.33. The largest absolute Gasteiger partial charge is 0.400 e. The van der Waals surface area contributed by atoms with Crippen LogP contribution < -0.4 is 5.73 Å². The van der Waals surface area contributed by atoms with Crippen molar-refractivity contribution in [1.82, 2.24) is 0 Å². The van der Waals surface area contributed by atoms with Crippen molar-refractivity contribution < 1.29 is 0 Å². The lowest BCUT2D eigenvalue weighted by atomic mass is 10.6. The first kappa shape index (κ1) is 8.36. The molecule has 9 heavy (non-hydrogen) atoms. The van der Waals surface area contributed by atoms with E-state index in [4.69, 9.17) is 5.73 Å². The minimum atomic E-state index is 0.593. The van der Waals surface area contributed by atoms with E-state index < -0.39 is 0 Å². The zero-order valence-electron chi connectivity index (χ0n) is 5.13. The van der Waals surface area contributed by atoms with Crippen LogP contribution in [0, 0.1) is 0 Å². The number of rotatable bonds is 2. The smallest absolute Gasteiger partial charge is 0.126 e. The van der Waals surface area contributed by atoms with Crippen LogP contribution in [-0.2, 0) is 0 Å². The Balaban J connectivity index is 4.06. The Kier molecular flexibility index (Phi) is 3.96. The Morgan fingerprint density at radius 1 is 1.78 bits per heavy atom. The molecule has 0 unspecified atom stereocenters. The molecule has 0 aromatic rings. The zero-order valence-corrected chi connectivity index (χ0v) is 6.72. The van der Waals surface area contributed by atoms with Crippen molar-refractivity contribution in [2.75, 3.05) is 0 Å². The standard InChI is InChI=1S/C5H8BrN3/c1-4(7)5(6)9-3-8-2/h3H,2,7H2,1H3/b5-4+,9-3-. The molecule has 0 bridgehead atoms. The fourth-order valence-electron chi connectivity index (χ4n) is 0.193. The van der Waals surface area contributed by atoms with E-state index in [2.05, 4.69) is 32.6 Å². The molecule has 0 saturated carbocycles. The van der Waals surface area contributed by atoms with Crippen molar-refractivity contribution in [2.24, 2.45) is 15.7 Å². The van der Waals surface area contributed by atoms with Gasteiger partial charge in [-0.05, 0) is 29.6 Å². The fraction of sp³-hybridized carbons (Fsp3) is 0.200. The maximum Gasteiger partial charge on any atom is 0.126 e. The molecule has 3 nitrogen and oxygen atoms in total. The third-order valence-electron chi connectivity index (χ3n) is 0.578. The molecule has 0 radical (unpaired) electrons. The normalized spacial score (nSPS) is 13.6. The van der Waals surface area contributed by atoms with Crippen LogP contribution in [0.2, 0.25) is 0 Å². The van der Waals surface area contributed by atoms with Crippen LogP contribution in [0.5, 0.6) is 0 Å². The van der Waals surface area contributed by atoms with E-state index in [0.717, 1.165) is 0 Å². The van der Waals surface area contributed by atoms with Crippen LogP contribution in [0.15, 0.2) is 20.3 Å². The quantitative estimate of drug-likeness (QED) is 0.397. The van der Waals surface area contributed by atoms with Crippen molar-refractivity contribution >= 4 is 29.0 Å². The minimum absolute atomic E-state index is 0.593. The van der Waals surface area contributed by atoms with E-state index in [0.29, 0.717) is 10.3 Å². The van der Waals surface area contributed by atoms with Gasteiger partial charge in [-0.15, -0.1) is 0 Å². The number of hydrogen-bond donors (Lipinski definition) is 1. The van der Waals surface area contributed by atoms with Crippen LogP contribution in [-0.4, -0.2) is 13.1 Å². The van der Waals surface area contributed by atoms with E-state index in [-0.39, 0.29) is 0 Å². The van der Waals surface area contributed by atoms with Gasteiger partial charge in [0.15, 0.2) is 0 Å². The van der Waals surface area contributed by atoms with Gasteiger partial charge in [-0.1, -0.05) is 0 Å². The van der Waals surface area contributed by atoms with Crippen LogP contribution in [0.25, 0.3) is 0 Å². The second-order valence-corrected chi connectivity index (χ2v) is 2.15. The summed E-state index contributed by atoms with van der Waals surface area (Å²) < 4.78 is 0.593. The highest BCUT2D eigenvalue weighted by Gasteiger charge is 1.86. The molecule has 50 valence electrons. The van der Waals surface area contributed by atoms with Gasteiger partial charge in [0.05, 0.1) is 0 Å². The molecule has 0 aliphatic carbocycles. The van der Waals surface area contributed by atoms with E-state index >= 15 is 0 Å². The Hall–Kier alpha value is -0.640. The number of halogens is 1. The predicted molar refractivity (Wildman–Crippen MR) is 43.9 cm³/mol. The van der Waals surface area contributed by atoms with Crippen molar-refractivity contribution in [3.05, 3.63) is 10.3 Å². The Bertz CT molecular complexity index is 156. The molecule has 0 amide bonds. The number of nitrogens with two attached hydrogens (primary N) is 1. The lowest BCUT2D eigenvalue weighted by Crippen LogP contribution is -1.91. The van der Waals surface area contributed by atoms with Crippen molar-refractivity contribution in [3.63, 3.8) is 0 Å². The van der Waals surface area contributed by atoms with Gasteiger partial charge in [-0.25, -0.2) is 4.99 Å². The molecule has 0 aromatic heterocycles. The SMILES string of the molecule is C=N/C=N\C(Br)=C(/C)N. The molecule has 0 fully saturated rings. The molecule has 0 aliphatic heterocycles. The predicted octanol–water partition coefficient (Wildman–Crippen LogP) is 1.26. The first-order valence-corrected chi connectivity index (χ1v) is 3.08. The number of allylic oxidation sites excluding steroid dienone is 1. The van der Waals surface area contributed by atoms with Gasteiger partial charge < -0.3 is 5.73 Å². The summed E-state index contributed by atoms with van der Waals surface area (Å²) in [4.78, 5) is 7.16. The van der Waals surface area contributed by atoms with Gasteiger partial charge >= 0.3 is 0 Å². The fourth-order valence-corrected chi connectivity index (χ4v) is 0.285. The van der Waals surface area contributed by atoms with Gasteiger partial charge in [0, 0.05) is 5.70 Å². The third kappa shape index (κ3) is 3.90. The first-order valence-electron chi connectivity index (χ1n) is 2.28. The summed E-state index contributed by atoms with van der Waals surface area (Å²) in [6, 6.07) is 0. The molecular formula is C5H8BrN3. The molecule has 4 heteroatoms. The van der Waals surface area contributed by atoms with Crippen LogP contribution in [0.1, 0.15) is 6.92 Å². The number of aliphatic imine (C=N–C) groups is 2. The molecule has 0 aliphatic rings. The second-order valence-electron chi connectivity index (χ2n) is 1.40. The van der Waals surface area contributed by atoms with Crippen molar-refractivity contribution in [1.29, 1.82) is 0 Å². The van der Waals surface area contributed by atoms with Crippen molar-refractivity contribution in [3.8, 4) is 0 Å². The van der Waals surface area contributed by atoms with Crippen LogP contribution in [0.4, 0.5) is 0 Å². The van der Waals surface area contributed by atoms with Crippen LogP contribution in [0.3, 0.4) is 0 Å². The highest BCUT2D eigenvalue weighted by atomic mass is 79.9. The molecule has 0 atom stereocenters. The topological polar surface area (TPSA) is 50.7 Å². The van der Waals surface area contributed by atoms with Gasteiger partial charge in [0.25, 0.3) is 0 Å². The van der Waals surface area contributed by atoms with Gasteiger partial charge in [0.1, 0.15) is 10.9 Å². The van der Waals surface area contributed by atoms with Gasteiger partial charge in [0.2, 0.25) is 0 Å². The molecule has 0 aromatic carbocycles. The Morgan fingerprint density at radius 3 is 2.67 bits per heavy atom. The minimum Gasteiger partial charge on any atom is -0.400 e. The molecule has 0 heterocycles. The summed E-state index contributed by atoms with van der Waals surface area (Å²) in [5.74, 6) is 0. The monoisotopic (exact) mass is 189 g/mol. The maximum absolute atomic E-state index is 5.33. The van der Waals surface area contributed by atoms with Gasteiger partial charge in [-0.3, -0.25) is 4.99 Å². The molecule has 0 rings (SSSR count). The molecule has 0 saturated heterocycles. The van der Waals surface area contributed by atoms with Crippen molar-refractivity contribution in [2.45, 2.75) is 6.92 Å². The molecule has 0 spiro atoms. The van der Waals surface area contributed by atoms with E-state index in [1.165, 1.54) is 6.34 Å². The molecule has 2 N–H and O–H groups in total. The average molecular weight is 190 g/mol. The first-order chi connectivity index (χ1) is 4.18. The molecular weight excluding hydrogens is 182 g/mol. The van der Waals surface area contributed by atoms with E-state index in [9.17, 15) is 0 Å². The summed E-state index contributed by atoms with van der Waals surface area (Å²) in [5.41, 5.74) is 5.95. The highest BCUT2D eigenvalue weighted by molar-refractivity contribution is 9.11. The summed E-state index contributed by atoms with van der Waals surface area (Å²) in [6.45, 7) is 4.95. The Labute approximate surface area is 62.5 Å². The number of hydrogen-bond acceptors (Lipinski definition) is 2. The van der Waals surface area contributed by atoms with Gasteiger partial charge in [-0.2, -0.15) is 0 Å². The van der Waals surface area contributed by atoms with E-state index in [1.54, 1.807) is 6.92 Å². The zero-order chi connectivity index (χ0) is 7.28. The third-order valence-corrected chi connectivity index (χ3v) is 1.41. The summed E-state index contributed by atoms with van der Waals surface area (Å²) >= 11 is 3.11. The summed E-state index contributed by atoms with van der Waals surface area (Å²) in [5, 5.41) is 0. The summed E-state index contributed by atoms with van der Waals surface area (Å²) in [7, 11) is 0. The Morgan fingerprint density at radius 2 is 2.33 bits per heavy atom. The average Bonchev–Trinajstić information content (AvgIpc) is 1.82. The van der Waals surface area contributed by atoms with E-state index in [1.807, 2.05) is 0 Å². The summed E-state index contributed by atoms with van der Waals surface area (Å²) in [6.07, 6.45) is 1.32. The lowest BCUT2D eigenvalue weighted by molar-refractivity contribution is 1.26. The highest BCUT2D eigenvalue weighted by Crippen LogP contribution is 2.07. The second kappa shape index (κ2) is 4.26. The number of nitrogens with zero attached hydrogens (tertiary/aromatic N) is 2.